The zero-order valence-electron chi connectivity index (χ0n) is 19.3. The molecule has 0 saturated heterocycles. The molecule has 0 spiro atoms. The molecule has 3 aromatic rings. The van der Waals surface area contributed by atoms with Gasteiger partial charge in [0.2, 0.25) is 0 Å². The summed E-state index contributed by atoms with van der Waals surface area (Å²) in [5.74, 6) is 0. The summed E-state index contributed by atoms with van der Waals surface area (Å²) < 4.78 is 25.2. The van der Waals surface area contributed by atoms with Gasteiger partial charge in [0.25, 0.3) is 0 Å². The largest absolute Gasteiger partial charge is 0.492 e. The van der Waals surface area contributed by atoms with E-state index in [0.717, 1.165) is 16.7 Å². The number of benzene rings is 3. The normalized spacial score (nSPS) is 20.4. The van der Waals surface area contributed by atoms with Crippen molar-refractivity contribution >= 4 is 0 Å². The van der Waals surface area contributed by atoms with Crippen molar-refractivity contribution in [2.45, 2.75) is 57.6 Å². The first-order valence-electron chi connectivity index (χ1n) is 11.4. The first kappa shape index (κ1) is 23.2. The summed E-state index contributed by atoms with van der Waals surface area (Å²) in [7, 11) is 0. The van der Waals surface area contributed by atoms with Gasteiger partial charge >= 0.3 is 0 Å². The molecular weight excluding hydrogens is 412 g/mol. The summed E-state index contributed by atoms with van der Waals surface area (Å²) >= 11 is 0. The lowest BCUT2D eigenvalue weighted by molar-refractivity contribution is -0.199. The van der Waals surface area contributed by atoms with Crippen molar-refractivity contribution in [3.8, 4) is 0 Å². The minimum atomic E-state index is -0.601. The summed E-state index contributed by atoms with van der Waals surface area (Å²) in [6, 6.07) is 30.5. The number of rotatable bonds is 10. The minimum Gasteiger partial charge on any atom is -0.492 e. The summed E-state index contributed by atoms with van der Waals surface area (Å²) in [6.45, 7) is 5.57. The van der Waals surface area contributed by atoms with Crippen LogP contribution in [0.5, 0.6) is 0 Å². The van der Waals surface area contributed by atoms with Crippen molar-refractivity contribution in [1.82, 2.24) is 0 Å². The third-order valence-corrected chi connectivity index (χ3v) is 5.83. The highest BCUT2D eigenvalue weighted by atomic mass is 16.6. The summed E-state index contributed by atoms with van der Waals surface area (Å²) in [5.41, 5.74) is 2.75. The minimum absolute atomic E-state index is 0.257. The Labute approximate surface area is 196 Å². The summed E-state index contributed by atoms with van der Waals surface area (Å²) in [4.78, 5) is 0. The van der Waals surface area contributed by atoms with Crippen LogP contribution in [0.3, 0.4) is 0 Å². The van der Waals surface area contributed by atoms with Gasteiger partial charge in [-0.1, -0.05) is 91.0 Å². The van der Waals surface area contributed by atoms with Crippen molar-refractivity contribution in [2.75, 3.05) is 0 Å². The Hall–Kier alpha value is -2.92. The van der Waals surface area contributed by atoms with E-state index in [1.165, 1.54) is 0 Å². The van der Waals surface area contributed by atoms with E-state index in [0.29, 0.717) is 19.8 Å². The van der Waals surface area contributed by atoms with Gasteiger partial charge in [-0.3, -0.25) is 0 Å². The predicted octanol–water partition coefficient (Wildman–Crippen LogP) is 6.07. The summed E-state index contributed by atoms with van der Waals surface area (Å²) in [5, 5.41) is 0. The molecule has 0 aromatic heterocycles. The second kappa shape index (κ2) is 11.3. The number of hydrogen-bond acceptors (Lipinski definition) is 4. The van der Waals surface area contributed by atoms with Crippen LogP contribution in [0.4, 0.5) is 0 Å². The van der Waals surface area contributed by atoms with Gasteiger partial charge in [0.15, 0.2) is 6.10 Å². The first-order valence-corrected chi connectivity index (χ1v) is 11.4. The topological polar surface area (TPSA) is 36.9 Å². The lowest BCUT2D eigenvalue weighted by Crippen LogP contribution is -2.54. The van der Waals surface area contributed by atoms with Crippen LogP contribution in [-0.2, 0) is 38.8 Å². The molecule has 0 radical (unpaired) electrons. The molecule has 0 bridgehead atoms. The van der Waals surface area contributed by atoms with Crippen molar-refractivity contribution in [2.24, 2.45) is 0 Å². The Morgan fingerprint density at radius 1 is 0.667 bits per heavy atom. The van der Waals surface area contributed by atoms with Crippen molar-refractivity contribution in [1.29, 1.82) is 0 Å². The van der Waals surface area contributed by atoms with Gasteiger partial charge < -0.3 is 18.9 Å². The molecule has 1 aliphatic heterocycles. The Kier molecular flexibility index (Phi) is 7.95. The smallest absolute Gasteiger partial charge is 0.155 e. The van der Waals surface area contributed by atoms with E-state index in [4.69, 9.17) is 18.9 Å². The Bertz CT molecular complexity index is 986. The van der Waals surface area contributed by atoms with Gasteiger partial charge in [0.1, 0.15) is 17.8 Å². The molecule has 0 aliphatic carbocycles. The SMILES string of the molecule is CC(C)(OCc1ccccc1)[C@H]1OC=C[C@@H](OCc2ccccc2)[C@@H]1OCc1ccccc1. The molecule has 0 unspecified atom stereocenters. The maximum atomic E-state index is 6.44. The highest BCUT2D eigenvalue weighted by molar-refractivity contribution is 5.16. The van der Waals surface area contributed by atoms with Crippen LogP contribution in [0.1, 0.15) is 30.5 Å². The van der Waals surface area contributed by atoms with Crippen LogP contribution in [0.25, 0.3) is 0 Å². The van der Waals surface area contributed by atoms with Crippen LogP contribution in [0, 0.1) is 0 Å². The second-order valence-corrected chi connectivity index (χ2v) is 8.79. The van der Waals surface area contributed by atoms with Crippen LogP contribution in [0.15, 0.2) is 103 Å². The molecule has 4 rings (SSSR count). The number of ether oxygens (including phenoxy) is 4. The third-order valence-electron chi connectivity index (χ3n) is 5.83. The van der Waals surface area contributed by atoms with E-state index in [9.17, 15) is 0 Å². The highest BCUT2D eigenvalue weighted by Gasteiger charge is 2.44. The van der Waals surface area contributed by atoms with Gasteiger partial charge in [-0.05, 0) is 36.6 Å². The highest BCUT2D eigenvalue weighted by Crippen LogP contribution is 2.31. The van der Waals surface area contributed by atoms with E-state index in [1.807, 2.05) is 74.5 Å². The molecule has 4 heteroatoms. The molecule has 4 nitrogen and oxygen atoms in total. The molecule has 0 amide bonds. The fourth-order valence-electron chi connectivity index (χ4n) is 3.92. The van der Waals surface area contributed by atoms with E-state index in [-0.39, 0.29) is 18.3 Å². The average molecular weight is 445 g/mol. The summed E-state index contributed by atoms with van der Waals surface area (Å²) in [6.07, 6.45) is 2.73. The third kappa shape index (κ3) is 6.55. The molecular formula is C29H32O4. The van der Waals surface area contributed by atoms with Crippen LogP contribution < -0.4 is 0 Å². The van der Waals surface area contributed by atoms with Crippen molar-refractivity contribution in [3.63, 3.8) is 0 Å². The first-order chi connectivity index (χ1) is 16.1. The fourth-order valence-corrected chi connectivity index (χ4v) is 3.92. The molecule has 1 aliphatic rings. The molecule has 0 saturated carbocycles. The van der Waals surface area contributed by atoms with Gasteiger partial charge in [-0.2, -0.15) is 0 Å². The zero-order valence-corrected chi connectivity index (χ0v) is 19.3. The molecule has 1 heterocycles. The predicted molar refractivity (Wildman–Crippen MR) is 129 cm³/mol. The van der Waals surface area contributed by atoms with Crippen LogP contribution in [-0.4, -0.2) is 23.9 Å². The Balaban J connectivity index is 1.49. The number of hydrogen-bond donors (Lipinski definition) is 0. The van der Waals surface area contributed by atoms with Crippen molar-refractivity contribution in [3.05, 3.63) is 120 Å². The fraction of sp³-hybridized carbons (Fsp3) is 0.310. The maximum absolute atomic E-state index is 6.44. The standard InChI is InChI=1S/C29H32O4/c1-29(2,33-22-25-16-10-5-11-17-25)28-27(32-21-24-14-8-4-9-15-24)26(18-19-30-28)31-20-23-12-6-3-7-13-23/h3-19,26-28H,20-22H2,1-2H3/t26-,27+,28+/m1/s1. The monoisotopic (exact) mass is 444 g/mol. The molecule has 0 fully saturated rings. The molecule has 0 N–H and O–H groups in total. The molecule has 3 atom stereocenters. The van der Waals surface area contributed by atoms with E-state index in [2.05, 4.69) is 36.4 Å². The molecule has 172 valence electrons. The van der Waals surface area contributed by atoms with Crippen LogP contribution >= 0.6 is 0 Å². The quantitative estimate of drug-likeness (QED) is 0.381. The van der Waals surface area contributed by atoms with Gasteiger partial charge in [-0.25, -0.2) is 0 Å². The average Bonchev–Trinajstić information content (AvgIpc) is 2.87. The van der Waals surface area contributed by atoms with Gasteiger partial charge in [-0.15, -0.1) is 0 Å². The zero-order chi connectivity index (χ0) is 22.9. The second-order valence-electron chi connectivity index (χ2n) is 8.79. The molecule has 3 aromatic carbocycles. The van der Waals surface area contributed by atoms with Gasteiger partial charge in [0, 0.05) is 0 Å². The van der Waals surface area contributed by atoms with E-state index in [1.54, 1.807) is 6.26 Å². The van der Waals surface area contributed by atoms with Crippen molar-refractivity contribution < 1.29 is 18.9 Å². The van der Waals surface area contributed by atoms with Gasteiger partial charge in [0.05, 0.1) is 26.1 Å². The van der Waals surface area contributed by atoms with Crippen LogP contribution in [0.2, 0.25) is 0 Å². The van der Waals surface area contributed by atoms with E-state index < -0.39 is 5.60 Å². The lowest BCUT2D eigenvalue weighted by Gasteiger charge is -2.42. The maximum Gasteiger partial charge on any atom is 0.155 e. The van der Waals surface area contributed by atoms with E-state index >= 15 is 0 Å². The molecule has 33 heavy (non-hydrogen) atoms. The lowest BCUT2D eigenvalue weighted by atomic mass is 9.91. The Morgan fingerprint density at radius 3 is 1.70 bits per heavy atom. The Morgan fingerprint density at radius 2 is 1.15 bits per heavy atom.